The molecule has 1 saturated heterocycles. The molecular formula is C22H28N4O4S. The molecule has 0 N–H and O–H groups in total. The van der Waals surface area contributed by atoms with Gasteiger partial charge in [0.2, 0.25) is 5.91 Å². The molecule has 9 heteroatoms. The molecule has 166 valence electrons. The van der Waals surface area contributed by atoms with Gasteiger partial charge in [-0.2, -0.15) is 5.10 Å². The molecule has 0 spiro atoms. The highest BCUT2D eigenvalue weighted by Gasteiger charge is 2.35. The van der Waals surface area contributed by atoms with E-state index in [1.54, 1.807) is 7.05 Å². The zero-order valence-electron chi connectivity index (χ0n) is 18.3. The third kappa shape index (κ3) is 4.11. The van der Waals surface area contributed by atoms with Gasteiger partial charge in [0.15, 0.2) is 9.84 Å². The highest BCUT2D eigenvalue weighted by atomic mass is 32.2. The number of hydrogen-bond donors (Lipinski definition) is 0. The highest BCUT2D eigenvalue weighted by Crippen LogP contribution is 2.28. The van der Waals surface area contributed by atoms with Gasteiger partial charge >= 0.3 is 0 Å². The van der Waals surface area contributed by atoms with E-state index in [4.69, 9.17) is 0 Å². The molecule has 1 fully saturated rings. The number of carbonyl (C=O) groups excluding carboxylic acids is 2. The zero-order valence-corrected chi connectivity index (χ0v) is 19.1. The van der Waals surface area contributed by atoms with E-state index in [0.717, 1.165) is 16.6 Å². The number of benzene rings is 1. The fraction of sp³-hybridized carbons (Fsp3) is 0.500. The number of likely N-dealkylation sites (N-methyl/N-ethyl adjacent to an activating group) is 1. The molecule has 1 atom stereocenters. The second-order valence-electron chi connectivity index (χ2n) is 9.40. The average molecular weight is 445 g/mol. The lowest BCUT2D eigenvalue weighted by Gasteiger charge is -2.27. The van der Waals surface area contributed by atoms with E-state index in [1.165, 1.54) is 9.91 Å². The summed E-state index contributed by atoms with van der Waals surface area (Å²) in [5.74, 6) is -0.605. The number of sulfone groups is 1. The topological polar surface area (TPSA) is 92.1 Å². The first-order valence-electron chi connectivity index (χ1n) is 10.4. The van der Waals surface area contributed by atoms with Gasteiger partial charge in [-0.3, -0.25) is 9.59 Å². The van der Waals surface area contributed by atoms with Crippen LogP contribution in [0.15, 0.2) is 35.4 Å². The SMILES string of the molecule is CN(C(=O)CN1N=C(C(C)(C)C)Cn2c(cc3ccccc32)C1=O)[C@@H]1CCS(=O)(=O)C1. The van der Waals surface area contributed by atoms with Crippen LogP contribution in [0.1, 0.15) is 37.7 Å². The van der Waals surface area contributed by atoms with E-state index in [0.29, 0.717) is 18.7 Å². The van der Waals surface area contributed by atoms with Crippen LogP contribution in [0.5, 0.6) is 0 Å². The first-order valence-corrected chi connectivity index (χ1v) is 12.2. The smallest absolute Gasteiger partial charge is 0.291 e. The Morgan fingerprint density at radius 3 is 2.61 bits per heavy atom. The molecule has 4 rings (SSSR count). The van der Waals surface area contributed by atoms with E-state index in [2.05, 4.69) is 5.10 Å². The van der Waals surface area contributed by atoms with Crippen LogP contribution in [0, 0.1) is 5.41 Å². The van der Waals surface area contributed by atoms with E-state index in [9.17, 15) is 18.0 Å². The summed E-state index contributed by atoms with van der Waals surface area (Å²) in [5.41, 5.74) is 1.92. The standard InChI is InChI=1S/C22H28N4O4S/c1-22(2,3)19-12-25-17-8-6-5-7-15(17)11-18(25)21(28)26(23-19)13-20(27)24(4)16-9-10-31(29,30)14-16/h5-8,11,16H,9-10,12-14H2,1-4H3/t16-/m1/s1. The largest absolute Gasteiger partial charge is 0.340 e. The minimum Gasteiger partial charge on any atom is -0.340 e. The number of amides is 2. The molecule has 31 heavy (non-hydrogen) atoms. The molecule has 1 aromatic carbocycles. The summed E-state index contributed by atoms with van der Waals surface area (Å²) in [6.07, 6.45) is 0.420. The van der Waals surface area contributed by atoms with Gasteiger partial charge in [-0.1, -0.05) is 39.0 Å². The number of hydrogen-bond acceptors (Lipinski definition) is 5. The Bertz CT molecular complexity index is 1190. The molecule has 0 aliphatic carbocycles. The molecule has 0 saturated carbocycles. The van der Waals surface area contributed by atoms with Crippen molar-refractivity contribution in [2.45, 2.75) is 39.8 Å². The van der Waals surface area contributed by atoms with Crippen molar-refractivity contribution in [3.05, 3.63) is 36.0 Å². The summed E-state index contributed by atoms with van der Waals surface area (Å²) in [7, 11) is -1.51. The monoisotopic (exact) mass is 444 g/mol. The molecular weight excluding hydrogens is 416 g/mol. The van der Waals surface area contributed by atoms with E-state index in [-0.39, 0.29) is 41.3 Å². The summed E-state index contributed by atoms with van der Waals surface area (Å²) in [4.78, 5) is 27.8. The van der Waals surface area contributed by atoms with Crippen molar-refractivity contribution < 1.29 is 18.0 Å². The summed E-state index contributed by atoms with van der Waals surface area (Å²) in [5, 5.41) is 6.81. The number of nitrogens with zero attached hydrogens (tertiary/aromatic N) is 4. The molecule has 0 bridgehead atoms. The van der Waals surface area contributed by atoms with Crippen LogP contribution in [-0.2, 0) is 21.2 Å². The Hall–Kier alpha value is -2.68. The highest BCUT2D eigenvalue weighted by molar-refractivity contribution is 7.91. The number of fused-ring (bicyclic) bond motifs is 3. The van der Waals surface area contributed by atoms with Gasteiger partial charge in [-0.25, -0.2) is 13.4 Å². The van der Waals surface area contributed by atoms with Gasteiger partial charge in [-0.15, -0.1) is 0 Å². The van der Waals surface area contributed by atoms with Crippen LogP contribution in [0.2, 0.25) is 0 Å². The van der Waals surface area contributed by atoms with E-state index in [1.807, 2.05) is 55.7 Å². The van der Waals surface area contributed by atoms with Gasteiger partial charge in [0.25, 0.3) is 5.91 Å². The number of carbonyl (C=O) groups is 2. The number of hydrazone groups is 1. The van der Waals surface area contributed by atoms with Crippen molar-refractivity contribution >= 4 is 38.3 Å². The molecule has 2 aliphatic rings. The predicted octanol–water partition coefficient (Wildman–Crippen LogP) is 2.14. The summed E-state index contributed by atoms with van der Waals surface area (Å²) in [6.45, 7) is 6.32. The van der Waals surface area contributed by atoms with Crippen molar-refractivity contribution in [2.24, 2.45) is 10.5 Å². The van der Waals surface area contributed by atoms with E-state index < -0.39 is 9.84 Å². The molecule has 8 nitrogen and oxygen atoms in total. The lowest BCUT2D eigenvalue weighted by Crippen LogP contribution is -2.44. The Morgan fingerprint density at radius 2 is 1.97 bits per heavy atom. The second kappa shape index (κ2) is 7.47. The first kappa shape index (κ1) is 21.5. The van der Waals surface area contributed by atoms with Crippen molar-refractivity contribution in [3.63, 3.8) is 0 Å². The zero-order chi connectivity index (χ0) is 22.6. The molecule has 3 heterocycles. The van der Waals surface area contributed by atoms with Crippen molar-refractivity contribution in [2.75, 3.05) is 25.1 Å². The third-order valence-electron chi connectivity index (χ3n) is 6.11. The van der Waals surface area contributed by atoms with Gasteiger partial charge in [0.05, 0.1) is 23.8 Å². The predicted molar refractivity (Wildman–Crippen MR) is 120 cm³/mol. The second-order valence-corrected chi connectivity index (χ2v) is 11.6. The first-order chi connectivity index (χ1) is 14.5. The molecule has 2 aromatic rings. The maximum atomic E-state index is 13.4. The lowest BCUT2D eigenvalue weighted by molar-refractivity contribution is -0.132. The number of rotatable bonds is 3. The lowest BCUT2D eigenvalue weighted by atomic mass is 9.90. The molecule has 0 unspecified atom stereocenters. The van der Waals surface area contributed by atoms with Gasteiger partial charge in [-0.05, 0) is 18.6 Å². The molecule has 2 aliphatic heterocycles. The molecule has 2 amide bonds. The van der Waals surface area contributed by atoms with Crippen LogP contribution >= 0.6 is 0 Å². The minimum absolute atomic E-state index is 0.0338. The van der Waals surface area contributed by atoms with Crippen molar-refractivity contribution in [3.8, 4) is 0 Å². The van der Waals surface area contributed by atoms with Crippen LogP contribution < -0.4 is 0 Å². The van der Waals surface area contributed by atoms with Crippen molar-refractivity contribution in [1.82, 2.24) is 14.5 Å². The number of aromatic nitrogens is 1. The maximum absolute atomic E-state index is 13.4. The van der Waals surface area contributed by atoms with E-state index >= 15 is 0 Å². The normalized spacial score (nSPS) is 21.0. The van der Waals surface area contributed by atoms with Gasteiger partial charge < -0.3 is 9.47 Å². The number of para-hydroxylation sites is 1. The van der Waals surface area contributed by atoms with Crippen LogP contribution in [0.3, 0.4) is 0 Å². The average Bonchev–Trinajstić information content (AvgIpc) is 3.20. The fourth-order valence-electron chi connectivity index (χ4n) is 4.08. The Kier molecular flexibility index (Phi) is 5.20. The quantitative estimate of drug-likeness (QED) is 0.725. The maximum Gasteiger partial charge on any atom is 0.291 e. The Labute approximate surface area is 182 Å². The van der Waals surface area contributed by atoms with Crippen LogP contribution in [0.25, 0.3) is 10.9 Å². The third-order valence-corrected chi connectivity index (χ3v) is 7.86. The molecule has 1 aromatic heterocycles. The summed E-state index contributed by atoms with van der Waals surface area (Å²) < 4.78 is 25.6. The van der Waals surface area contributed by atoms with Crippen LogP contribution in [0.4, 0.5) is 0 Å². The fourth-order valence-corrected chi connectivity index (χ4v) is 5.86. The Balaban J connectivity index is 1.67. The van der Waals surface area contributed by atoms with Gasteiger partial charge in [0, 0.05) is 29.4 Å². The van der Waals surface area contributed by atoms with Crippen molar-refractivity contribution in [1.29, 1.82) is 0 Å². The minimum atomic E-state index is -3.11. The molecule has 0 radical (unpaired) electrons. The van der Waals surface area contributed by atoms with Crippen LogP contribution in [-0.4, -0.2) is 71.6 Å². The summed E-state index contributed by atoms with van der Waals surface area (Å²) >= 11 is 0. The van der Waals surface area contributed by atoms with Gasteiger partial charge in [0.1, 0.15) is 12.2 Å². The summed E-state index contributed by atoms with van der Waals surface area (Å²) in [6, 6.07) is 9.27. The Morgan fingerprint density at radius 1 is 1.26 bits per heavy atom.